The van der Waals surface area contributed by atoms with Gasteiger partial charge in [0, 0.05) is 12.2 Å². The lowest BCUT2D eigenvalue weighted by Gasteiger charge is -2.37. The van der Waals surface area contributed by atoms with Crippen LogP contribution in [-0.2, 0) is 4.74 Å². The van der Waals surface area contributed by atoms with Crippen LogP contribution < -0.4 is 10.1 Å². The van der Waals surface area contributed by atoms with E-state index in [1.807, 2.05) is 26.1 Å². The van der Waals surface area contributed by atoms with E-state index in [-0.39, 0.29) is 23.2 Å². The second kappa shape index (κ2) is 6.55. The van der Waals surface area contributed by atoms with Crippen molar-refractivity contribution in [3.8, 4) is 5.75 Å². The van der Waals surface area contributed by atoms with Gasteiger partial charge in [0.1, 0.15) is 0 Å². The van der Waals surface area contributed by atoms with Crippen LogP contribution in [0.3, 0.4) is 0 Å². The van der Waals surface area contributed by atoms with Gasteiger partial charge in [-0.05, 0) is 32.9 Å². The third-order valence-electron chi connectivity index (χ3n) is 4.22. The fourth-order valence-electron chi connectivity index (χ4n) is 3.39. The van der Waals surface area contributed by atoms with E-state index in [1.165, 1.54) is 7.11 Å². The van der Waals surface area contributed by atoms with Crippen LogP contribution in [0.2, 0.25) is 0 Å². The lowest BCUT2D eigenvalue weighted by molar-refractivity contribution is -0.0618. The third kappa shape index (κ3) is 2.67. The summed E-state index contributed by atoms with van der Waals surface area (Å²) in [5.41, 5.74) is 0.318. The summed E-state index contributed by atoms with van der Waals surface area (Å²) in [5, 5.41) is 3.26. The Labute approximate surface area is 120 Å². The number of benzene rings is 1. The number of hydrogen-bond acceptors (Lipinski definition) is 3. The fourth-order valence-corrected chi connectivity index (χ4v) is 3.39. The van der Waals surface area contributed by atoms with Crippen LogP contribution in [0.25, 0.3) is 0 Å². The highest BCUT2D eigenvalue weighted by Gasteiger charge is 2.43. The normalized spacial score (nSPS) is 19.0. The Kier molecular flexibility index (Phi) is 5.00. The molecule has 1 N–H and O–H groups in total. The minimum Gasteiger partial charge on any atom is -0.494 e. The molecule has 3 nitrogen and oxygen atoms in total. The summed E-state index contributed by atoms with van der Waals surface area (Å²) < 4.78 is 25.7. The Bertz CT molecular complexity index is 444. The minimum absolute atomic E-state index is 0.153. The molecule has 2 rings (SSSR count). The van der Waals surface area contributed by atoms with Crippen LogP contribution in [0.15, 0.2) is 18.2 Å². The molecule has 1 aromatic rings. The molecule has 1 aromatic carbocycles. The standard InChI is InChI=1S/C16H24FNO2/c1-4-20-16(10-5-6-11-16)15(18-2)12-8-7-9-13(19-3)14(12)17/h7-9,15,18H,4-6,10-11H2,1-3H3. The second-order valence-corrected chi connectivity index (χ2v) is 5.29. The lowest BCUT2D eigenvalue weighted by Crippen LogP contribution is -2.43. The molecule has 1 fully saturated rings. The fraction of sp³-hybridized carbons (Fsp3) is 0.625. The average Bonchev–Trinajstić information content (AvgIpc) is 2.91. The number of hydrogen-bond donors (Lipinski definition) is 1. The second-order valence-electron chi connectivity index (χ2n) is 5.29. The van der Waals surface area contributed by atoms with Crippen molar-refractivity contribution >= 4 is 0 Å². The highest BCUT2D eigenvalue weighted by atomic mass is 19.1. The van der Waals surface area contributed by atoms with Gasteiger partial charge in [-0.25, -0.2) is 4.39 Å². The van der Waals surface area contributed by atoms with Gasteiger partial charge in [-0.2, -0.15) is 0 Å². The minimum atomic E-state index is -0.309. The van der Waals surface area contributed by atoms with E-state index >= 15 is 0 Å². The first-order chi connectivity index (χ1) is 9.68. The van der Waals surface area contributed by atoms with E-state index in [2.05, 4.69) is 5.32 Å². The molecular weight excluding hydrogens is 257 g/mol. The van der Waals surface area contributed by atoms with Gasteiger partial charge in [0.25, 0.3) is 0 Å². The third-order valence-corrected chi connectivity index (χ3v) is 4.22. The van der Waals surface area contributed by atoms with Crippen LogP contribution in [0.4, 0.5) is 4.39 Å². The largest absolute Gasteiger partial charge is 0.494 e. The van der Waals surface area contributed by atoms with Gasteiger partial charge >= 0.3 is 0 Å². The van der Waals surface area contributed by atoms with E-state index in [1.54, 1.807) is 6.07 Å². The zero-order valence-electron chi connectivity index (χ0n) is 12.5. The van der Waals surface area contributed by atoms with Crippen molar-refractivity contribution in [3.63, 3.8) is 0 Å². The van der Waals surface area contributed by atoms with Gasteiger partial charge in [0.15, 0.2) is 11.6 Å². The van der Waals surface area contributed by atoms with Gasteiger partial charge in [-0.1, -0.05) is 25.0 Å². The van der Waals surface area contributed by atoms with Gasteiger partial charge in [-0.3, -0.25) is 0 Å². The number of methoxy groups -OCH3 is 1. The molecule has 4 heteroatoms. The molecule has 0 bridgehead atoms. The molecule has 1 aliphatic rings. The van der Waals surface area contributed by atoms with Crippen molar-refractivity contribution in [1.29, 1.82) is 0 Å². The number of rotatable bonds is 6. The number of halogens is 1. The van der Waals surface area contributed by atoms with Crippen LogP contribution in [0, 0.1) is 5.82 Å². The van der Waals surface area contributed by atoms with Crippen molar-refractivity contribution < 1.29 is 13.9 Å². The Morgan fingerprint density at radius 2 is 2.05 bits per heavy atom. The van der Waals surface area contributed by atoms with Crippen molar-refractivity contribution in [1.82, 2.24) is 5.32 Å². The molecule has 0 aliphatic heterocycles. The summed E-state index contributed by atoms with van der Waals surface area (Å²) in [7, 11) is 3.35. The lowest BCUT2D eigenvalue weighted by atomic mass is 9.86. The number of likely N-dealkylation sites (N-methyl/N-ethyl adjacent to an activating group) is 1. The summed E-state index contributed by atoms with van der Waals surface area (Å²) in [6, 6.07) is 5.14. The van der Waals surface area contributed by atoms with Crippen molar-refractivity contribution in [2.45, 2.75) is 44.2 Å². The van der Waals surface area contributed by atoms with Gasteiger partial charge in [0.2, 0.25) is 0 Å². The van der Waals surface area contributed by atoms with Crippen LogP contribution in [0.1, 0.15) is 44.2 Å². The highest BCUT2D eigenvalue weighted by molar-refractivity contribution is 5.34. The van der Waals surface area contributed by atoms with Crippen molar-refractivity contribution in [2.75, 3.05) is 20.8 Å². The van der Waals surface area contributed by atoms with Crippen LogP contribution >= 0.6 is 0 Å². The quantitative estimate of drug-likeness (QED) is 0.866. The Balaban J connectivity index is 2.40. The van der Waals surface area contributed by atoms with Crippen molar-refractivity contribution in [3.05, 3.63) is 29.6 Å². The predicted octanol–water partition coefficient (Wildman–Crippen LogP) is 3.44. The summed E-state index contributed by atoms with van der Waals surface area (Å²) in [6.45, 7) is 2.64. The Morgan fingerprint density at radius 3 is 2.60 bits per heavy atom. The number of nitrogens with one attached hydrogen (secondary N) is 1. The monoisotopic (exact) mass is 281 g/mol. The van der Waals surface area contributed by atoms with Gasteiger partial charge in [-0.15, -0.1) is 0 Å². The maximum Gasteiger partial charge on any atom is 0.169 e. The Hall–Kier alpha value is -1.13. The Morgan fingerprint density at radius 1 is 1.35 bits per heavy atom. The summed E-state index contributed by atoms with van der Waals surface area (Å²) in [5.74, 6) is -0.00674. The smallest absolute Gasteiger partial charge is 0.169 e. The molecule has 0 spiro atoms. The highest BCUT2D eigenvalue weighted by Crippen LogP contribution is 2.44. The zero-order chi connectivity index (χ0) is 14.6. The maximum absolute atomic E-state index is 14.6. The van der Waals surface area contributed by atoms with Crippen LogP contribution in [0.5, 0.6) is 5.75 Å². The molecule has 112 valence electrons. The van der Waals surface area contributed by atoms with Crippen LogP contribution in [-0.4, -0.2) is 26.4 Å². The van der Waals surface area contributed by atoms with Gasteiger partial charge < -0.3 is 14.8 Å². The van der Waals surface area contributed by atoms with E-state index in [4.69, 9.17) is 9.47 Å². The first kappa shape index (κ1) is 15.3. The van der Waals surface area contributed by atoms with E-state index < -0.39 is 0 Å². The molecule has 0 heterocycles. The average molecular weight is 281 g/mol. The molecule has 1 unspecified atom stereocenters. The molecule has 20 heavy (non-hydrogen) atoms. The number of ether oxygens (including phenoxy) is 2. The molecule has 1 aliphatic carbocycles. The van der Waals surface area contributed by atoms with Gasteiger partial charge in [0.05, 0.1) is 18.8 Å². The first-order valence-electron chi connectivity index (χ1n) is 7.32. The van der Waals surface area contributed by atoms with E-state index in [0.717, 1.165) is 25.7 Å². The summed E-state index contributed by atoms with van der Waals surface area (Å²) >= 11 is 0. The molecular formula is C16H24FNO2. The van der Waals surface area contributed by atoms with Crippen molar-refractivity contribution in [2.24, 2.45) is 0 Å². The topological polar surface area (TPSA) is 30.5 Å². The molecule has 1 saturated carbocycles. The van der Waals surface area contributed by atoms with E-state index in [9.17, 15) is 4.39 Å². The summed E-state index contributed by atoms with van der Waals surface area (Å²) in [6.07, 6.45) is 4.18. The maximum atomic E-state index is 14.6. The molecule has 0 saturated heterocycles. The molecule has 0 aromatic heterocycles. The zero-order valence-corrected chi connectivity index (χ0v) is 12.5. The molecule has 1 atom stereocenters. The van der Waals surface area contributed by atoms with E-state index in [0.29, 0.717) is 12.2 Å². The molecule has 0 amide bonds. The summed E-state index contributed by atoms with van der Waals surface area (Å²) in [4.78, 5) is 0. The predicted molar refractivity (Wildman–Crippen MR) is 77.6 cm³/mol. The molecule has 0 radical (unpaired) electrons. The first-order valence-corrected chi connectivity index (χ1v) is 7.32. The SMILES string of the molecule is CCOC1(C(NC)c2cccc(OC)c2F)CCCC1.